The second-order valence-electron chi connectivity index (χ2n) is 4.65. The molecule has 0 bridgehead atoms. The Morgan fingerprint density at radius 3 is 2.88 bits per heavy atom. The van der Waals surface area contributed by atoms with Crippen LogP contribution in [0.3, 0.4) is 0 Å². The lowest BCUT2D eigenvalue weighted by Crippen LogP contribution is -2.53. The second-order valence-corrected chi connectivity index (χ2v) is 5.43. The normalized spacial score (nSPS) is 19.4. The van der Waals surface area contributed by atoms with Crippen molar-refractivity contribution >= 4 is 23.4 Å². The van der Waals surface area contributed by atoms with Gasteiger partial charge in [-0.15, -0.1) is 0 Å². The van der Waals surface area contributed by atoms with Gasteiger partial charge in [-0.3, -0.25) is 0 Å². The molecule has 0 atom stereocenters. The maximum absolute atomic E-state index is 5.81. The Labute approximate surface area is 106 Å². The van der Waals surface area contributed by atoms with Crippen LogP contribution in [-0.4, -0.2) is 41.5 Å². The van der Waals surface area contributed by atoms with Crippen molar-refractivity contribution < 1.29 is 4.74 Å². The average Bonchev–Trinajstić information content (AvgIpc) is 2.27. The van der Waals surface area contributed by atoms with Crippen LogP contribution in [0.2, 0.25) is 0 Å². The van der Waals surface area contributed by atoms with Crippen molar-refractivity contribution in [2.24, 2.45) is 0 Å². The number of hydrogen-bond acceptors (Lipinski definition) is 6. The third-order valence-corrected chi connectivity index (χ3v) is 3.36. The molecule has 2 heterocycles. The lowest BCUT2D eigenvalue weighted by Gasteiger charge is -2.43. The Morgan fingerprint density at radius 1 is 1.47 bits per heavy atom. The van der Waals surface area contributed by atoms with Crippen molar-refractivity contribution in [2.75, 3.05) is 36.6 Å². The van der Waals surface area contributed by atoms with Crippen LogP contribution in [-0.2, 0) is 4.74 Å². The first-order valence-corrected chi connectivity index (χ1v) is 6.79. The molecule has 0 amide bonds. The fraction of sp³-hybridized carbons (Fsp3) is 0.636. The number of rotatable bonds is 2. The molecule has 1 aliphatic rings. The summed E-state index contributed by atoms with van der Waals surface area (Å²) in [5, 5.41) is 0.710. The first-order chi connectivity index (χ1) is 8.03. The molecule has 0 aliphatic carbocycles. The van der Waals surface area contributed by atoms with Crippen molar-refractivity contribution in [3.8, 4) is 0 Å². The van der Waals surface area contributed by atoms with Crippen molar-refractivity contribution in [1.29, 1.82) is 0 Å². The Bertz CT molecular complexity index is 410. The van der Waals surface area contributed by atoms with Crippen LogP contribution in [0.1, 0.15) is 13.8 Å². The number of anilines is 2. The van der Waals surface area contributed by atoms with E-state index in [2.05, 4.69) is 28.7 Å². The van der Waals surface area contributed by atoms with Gasteiger partial charge in [-0.2, -0.15) is 0 Å². The topological polar surface area (TPSA) is 64.3 Å². The summed E-state index contributed by atoms with van der Waals surface area (Å²) in [4.78, 5) is 10.9. The van der Waals surface area contributed by atoms with Crippen LogP contribution in [0.25, 0.3) is 0 Å². The number of thioether (sulfide) groups is 1. The highest BCUT2D eigenvalue weighted by atomic mass is 32.2. The van der Waals surface area contributed by atoms with Crippen molar-refractivity contribution in [3.63, 3.8) is 0 Å². The number of hydrogen-bond donors (Lipinski definition) is 1. The Morgan fingerprint density at radius 2 is 2.24 bits per heavy atom. The summed E-state index contributed by atoms with van der Waals surface area (Å²) in [6, 6.07) is 1.83. The predicted molar refractivity (Wildman–Crippen MR) is 70.5 cm³/mol. The van der Waals surface area contributed by atoms with E-state index in [4.69, 9.17) is 10.5 Å². The first kappa shape index (κ1) is 12.4. The maximum atomic E-state index is 5.81. The molecule has 2 N–H and O–H groups in total. The molecule has 0 saturated carbocycles. The van der Waals surface area contributed by atoms with E-state index in [1.165, 1.54) is 11.8 Å². The van der Waals surface area contributed by atoms with Gasteiger partial charge in [0, 0.05) is 12.6 Å². The molecule has 1 fully saturated rings. The lowest BCUT2D eigenvalue weighted by atomic mass is 10.0. The first-order valence-electron chi connectivity index (χ1n) is 5.57. The number of ether oxygens (including phenoxy) is 1. The second kappa shape index (κ2) is 4.70. The number of nitrogens with two attached hydrogens (primary N) is 1. The molecule has 0 aromatic carbocycles. The smallest absolute Gasteiger partial charge is 0.191 e. The molecule has 0 radical (unpaired) electrons. The zero-order valence-corrected chi connectivity index (χ0v) is 11.3. The molecule has 0 unspecified atom stereocenters. The molecule has 94 valence electrons. The Balaban J connectivity index is 2.35. The molecule has 17 heavy (non-hydrogen) atoms. The lowest BCUT2D eigenvalue weighted by molar-refractivity contribution is 0.0638. The molecule has 2 rings (SSSR count). The van der Waals surface area contributed by atoms with Gasteiger partial charge in [0.05, 0.1) is 18.8 Å². The third kappa shape index (κ3) is 2.63. The van der Waals surface area contributed by atoms with Crippen molar-refractivity contribution in [2.45, 2.75) is 24.5 Å². The number of aromatic nitrogens is 2. The average molecular weight is 254 g/mol. The van der Waals surface area contributed by atoms with Gasteiger partial charge in [-0.05, 0) is 20.1 Å². The quantitative estimate of drug-likeness (QED) is 0.635. The van der Waals surface area contributed by atoms with Gasteiger partial charge in [-0.1, -0.05) is 11.8 Å². The predicted octanol–water partition coefficient (Wildman–Crippen LogP) is 1.40. The zero-order chi connectivity index (χ0) is 12.5. The highest BCUT2D eigenvalue weighted by molar-refractivity contribution is 7.98. The van der Waals surface area contributed by atoms with Crippen LogP contribution in [0, 0.1) is 0 Å². The SMILES string of the molecule is CSc1nc(N)cc(N2CCOCC2(C)C)n1. The maximum Gasteiger partial charge on any atom is 0.191 e. The molecule has 5 nitrogen and oxygen atoms in total. The largest absolute Gasteiger partial charge is 0.383 e. The molecule has 6 heteroatoms. The van der Waals surface area contributed by atoms with Crippen LogP contribution >= 0.6 is 11.8 Å². The molecular formula is C11H18N4OS. The van der Waals surface area contributed by atoms with E-state index in [0.717, 1.165) is 19.0 Å². The van der Waals surface area contributed by atoms with Gasteiger partial charge >= 0.3 is 0 Å². The standard InChI is InChI=1S/C11H18N4OS/c1-11(2)7-16-5-4-15(11)9-6-8(12)13-10(14-9)17-3/h6H,4-5,7H2,1-3H3,(H2,12,13,14). The summed E-state index contributed by atoms with van der Waals surface area (Å²) in [5.74, 6) is 1.40. The van der Waals surface area contributed by atoms with Crippen LogP contribution < -0.4 is 10.6 Å². The zero-order valence-electron chi connectivity index (χ0n) is 10.4. The van der Waals surface area contributed by atoms with E-state index < -0.39 is 0 Å². The highest BCUT2D eigenvalue weighted by Gasteiger charge is 2.31. The summed E-state index contributed by atoms with van der Waals surface area (Å²) in [6.45, 7) is 6.54. The molecule has 0 spiro atoms. The van der Waals surface area contributed by atoms with Crippen molar-refractivity contribution in [3.05, 3.63) is 6.07 Å². The summed E-state index contributed by atoms with van der Waals surface area (Å²) in [7, 11) is 0. The number of nitrogens with zero attached hydrogens (tertiary/aromatic N) is 3. The van der Waals surface area contributed by atoms with E-state index in [-0.39, 0.29) is 5.54 Å². The minimum Gasteiger partial charge on any atom is -0.383 e. The number of morpholine rings is 1. The van der Waals surface area contributed by atoms with Crippen molar-refractivity contribution in [1.82, 2.24) is 9.97 Å². The van der Waals surface area contributed by atoms with Gasteiger partial charge < -0.3 is 15.4 Å². The van der Waals surface area contributed by atoms with Crippen LogP contribution in [0.15, 0.2) is 11.2 Å². The van der Waals surface area contributed by atoms with E-state index in [1.807, 2.05) is 12.3 Å². The van der Waals surface area contributed by atoms with Crippen LogP contribution in [0.5, 0.6) is 0 Å². The van der Waals surface area contributed by atoms with Gasteiger partial charge in [0.1, 0.15) is 11.6 Å². The fourth-order valence-electron chi connectivity index (χ4n) is 1.94. The third-order valence-electron chi connectivity index (χ3n) is 2.82. The number of nitrogen functional groups attached to an aromatic ring is 1. The molecular weight excluding hydrogens is 236 g/mol. The molecule has 1 aromatic rings. The molecule has 1 aliphatic heterocycles. The highest BCUT2D eigenvalue weighted by Crippen LogP contribution is 2.27. The van der Waals surface area contributed by atoms with Crippen LogP contribution in [0.4, 0.5) is 11.6 Å². The monoisotopic (exact) mass is 254 g/mol. The minimum absolute atomic E-state index is 0.0608. The summed E-state index contributed by atoms with van der Waals surface area (Å²) >= 11 is 1.50. The van der Waals surface area contributed by atoms with E-state index in [1.54, 1.807) is 0 Å². The summed E-state index contributed by atoms with van der Waals surface area (Å²) in [5.41, 5.74) is 5.75. The van der Waals surface area contributed by atoms with E-state index in [0.29, 0.717) is 17.6 Å². The van der Waals surface area contributed by atoms with Gasteiger partial charge in [0.15, 0.2) is 5.16 Å². The summed E-state index contributed by atoms with van der Waals surface area (Å²) in [6.07, 6.45) is 1.95. The van der Waals surface area contributed by atoms with E-state index >= 15 is 0 Å². The van der Waals surface area contributed by atoms with Gasteiger partial charge in [-0.25, -0.2) is 9.97 Å². The van der Waals surface area contributed by atoms with Gasteiger partial charge in [0.25, 0.3) is 0 Å². The fourth-order valence-corrected chi connectivity index (χ4v) is 2.32. The van der Waals surface area contributed by atoms with E-state index in [9.17, 15) is 0 Å². The minimum atomic E-state index is -0.0608. The summed E-state index contributed by atoms with van der Waals surface area (Å²) < 4.78 is 5.50. The Hall–Kier alpha value is -1.01. The molecule has 1 aromatic heterocycles. The van der Waals surface area contributed by atoms with Gasteiger partial charge in [0.2, 0.25) is 0 Å². The molecule has 1 saturated heterocycles. The Kier molecular flexibility index (Phi) is 3.44.